The van der Waals surface area contributed by atoms with E-state index in [9.17, 15) is 14.4 Å². The largest absolute Gasteiger partial charge is 0.462 e. The van der Waals surface area contributed by atoms with Gasteiger partial charge in [-0.25, -0.2) is 0 Å². The van der Waals surface area contributed by atoms with Crippen LogP contribution in [0.15, 0.2) is 12.2 Å². The van der Waals surface area contributed by atoms with Crippen LogP contribution in [-0.4, -0.2) is 37.2 Å². The summed E-state index contributed by atoms with van der Waals surface area (Å²) in [5, 5.41) is 0. The first-order valence-electron chi connectivity index (χ1n) is 33.2. The second-order valence-corrected chi connectivity index (χ2v) is 22.7. The summed E-state index contributed by atoms with van der Waals surface area (Å²) < 4.78 is 16.9. The molecular formula is C67H128O6. The molecule has 73 heavy (non-hydrogen) atoms. The van der Waals surface area contributed by atoms with Crippen LogP contribution in [0, 0.1) is 0 Å². The Balaban J connectivity index is 4.15. The number of ether oxygens (including phenoxy) is 3. The topological polar surface area (TPSA) is 78.9 Å². The van der Waals surface area contributed by atoms with Crippen molar-refractivity contribution in [1.82, 2.24) is 0 Å². The van der Waals surface area contributed by atoms with Crippen molar-refractivity contribution in [3.8, 4) is 0 Å². The third kappa shape index (κ3) is 60.9. The van der Waals surface area contributed by atoms with Crippen LogP contribution in [0.2, 0.25) is 0 Å². The van der Waals surface area contributed by atoms with Crippen molar-refractivity contribution in [2.75, 3.05) is 13.2 Å². The summed E-state index contributed by atoms with van der Waals surface area (Å²) in [6, 6.07) is 0. The van der Waals surface area contributed by atoms with Gasteiger partial charge >= 0.3 is 17.9 Å². The maximum Gasteiger partial charge on any atom is 0.306 e. The van der Waals surface area contributed by atoms with Gasteiger partial charge in [0.2, 0.25) is 0 Å². The molecule has 432 valence electrons. The second-order valence-electron chi connectivity index (χ2n) is 22.7. The maximum absolute atomic E-state index is 12.9. The normalized spacial score (nSPS) is 12.0. The molecule has 0 aliphatic heterocycles. The summed E-state index contributed by atoms with van der Waals surface area (Å²) in [6.45, 7) is 6.65. The van der Waals surface area contributed by atoms with Crippen molar-refractivity contribution < 1.29 is 28.6 Å². The Kier molecular flexibility index (Phi) is 61.1. The minimum atomic E-state index is -0.768. The van der Waals surface area contributed by atoms with E-state index in [1.807, 2.05) is 0 Å². The smallest absolute Gasteiger partial charge is 0.306 e. The van der Waals surface area contributed by atoms with Crippen LogP contribution in [-0.2, 0) is 28.6 Å². The molecule has 0 rings (SSSR count). The summed E-state index contributed by atoms with van der Waals surface area (Å²) in [5.74, 6) is -0.847. The standard InChI is InChI=1S/C67H128O6/c1-4-7-10-13-16-19-22-24-26-28-30-32-34-36-37-39-41-43-45-48-51-54-57-60-66(69)72-63-64(62-71-65(68)59-56-53-50-47-21-18-15-12-9-6-3)73-67(70)61-58-55-52-49-46-44-42-40-38-35-33-31-29-27-25-23-20-17-14-11-8-5-2/h12,15,64H,4-11,13-14,16-63H2,1-3H3/b15-12-. The zero-order valence-electron chi connectivity index (χ0n) is 49.7. The van der Waals surface area contributed by atoms with Gasteiger partial charge in [0.05, 0.1) is 0 Å². The van der Waals surface area contributed by atoms with Crippen LogP contribution < -0.4 is 0 Å². The zero-order valence-corrected chi connectivity index (χ0v) is 49.7. The molecule has 0 radical (unpaired) electrons. The summed E-state index contributed by atoms with van der Waals surface area (Å²) in [5.41, 5.74) is 0. The van der Waals surface area contributed by atoms with Gasteiger partial charge in [0.15, 0.2) is 6.10 Å². The lowest BCUT2D eigenvalue weighted by molar-refractivity contribution is -0.167. The molecule has 0 saturated heterocycles. The monoisotopic (exact) mass is 1030 g/mol. The molecule has 6 heteroatoms. The molecule has 0 aliphatic carbocycles. The molecule has 0 aromatic rings. The van der Waals surface area contributed by atoms with E-state index >= 15 is 0 Å². The third-order valence-electron chi connectivity index (χ3n) is 15.3. The lowest BCUT2D eigenvalue weighted by atomic mass is 10.0. The molecule has 0 aliphatic rings. The molecule has 0 heterocycles. The van der Waals surface area contributed by atoms with Gasteiger partial charge < -0.3 is 14.2 Å². The third-order valence-corrected chi connectivity index (χ3v) is 15.3. The highest BCUT2D eigenvalue weighted by molar-refractivity contribution is 5.71. The maximum atomic E-state index is 12.9. The number of allylic oxidation sites excluding steroid dienone is 2. The molecule has 0 N–H and O–H groups in total. The first kappa shape index (κ1) is 71.2. The number of hydrogen-bond acceptors (Lipinski definition) is 6. The number of carbonyl (C=O) groups excluding carboxylic acids is 3. The average molecular weight is 1030 g/mol. The highest BCUT2D eigenvalue weighted by Crippen LogP contribution is 2.19. The molecule has 1 unspecified atom stereocenters. The Morgan fingerprint density at radius 2 is 0.479 bits per heavy atom. The molecule has 0 aromatic carbocycles. The Hall–Kier alpha value is -1.85. The van der Waals surface area contributed by atoms with Gasteiger partial charge in [0, 0.05) is 19.3 Å². The van der Waals surface area contributed by atoms with Gasteiger partial charge in [0.25, 0.3) is 0 Å². The van der Waals surface area contributed by atoms with Crippen LogP contribution in [0.25, 0.3) is 0 Å². The fraction of sp³-hybridized carbons (Fsp3) is 0.925. The number of carbonyl (C=O) groups is 3. The average Bonchev–Trinajstić information content (AvgIpc) is 3.39. The summed E-state index contributed by atoms with van der Waals surface area (Å²) in [4.78, 5) is 38.2. The minimum Gasteiger partial charge on any atom is -0.462 e. The van der Waals surface area contributed by atoms with Gasteiger partial charge in [-0.1, -0.05) is 335 Å². The molecule has 0 amide bonds. The Morgan fingerprint density at radius 1 is 0.260 bits per heavy atom. The van der Waals surface area contributed by atoms with Crippen LogP contribution >= 0.6 is 0 Å². The molecule has 6 nitrogen and oxygen atoms in total. The predicted octanol–water partition coefficient (Wildman–Crippen LogP) is 22.4. The predicted molar refractivity (Wildman–Crippen MR) is 317 cm³/mol. The summed E-state index contributed by atoms with van der Waals surface area (Å²) >= 11 is 0. The van der Waals surface area contributed by atoms with E-state index in [0.29, 0.717) is 19.3 Å². The molecule has 0 fully saturated rings. The van der Waals surface area contributed by atoms with Gasteiger partial charge in [-0.2, -0.15) is 0 Å². The van der Waals surface area contributed by atoms with E-state index in [2.05, 4.69) is 32.9 Å². The molecule has 0 spiro atoms. The molecule has 1 atom stereocenters. The van der Waals surface area contributed by atoms with E-state index in [1.165, 1.54) is 270 Å². The lowest BCUT2D eigenvalue weighted by Gasteiger charge is -2.18. The first-order chi connectivity index (χ1) is 36.0. The van der Waals surface area contributed by atoms with E-state index in [-0.39, 0.29) is 31.1 Å². The fourth-order valence-corrected chi connectivity index (χ4v) is 10.3. The number of unbranched alkanes of at least 4 members (excludes halogenated alkanes) is 49. The second kappa shape index (κ2) is 62.7. The summed E-state index contributed by atoms with van der Waals surface area (Å²) in [7, 11) is 0. The molecule has 0 saturated carbocycles. The Labute approximate surface area is 456 Å². The highest BCUT2D eigenvalue weighted by atomic mass is 16.6. The van der Waals surface area contributed by atoms with Crippen LogP contribution in [0.4, 0.5) is 0 Å². The van der Waals surface area contributed by atoms with Gasteiger partial charge in [-0.05, 0) is 38.5 Å². The van der Waals surface area contributed by atoms with E-state index in [0.717, 1.165) is 70.6 Å². The van der Waals surface area contributed by atoms with Crippen molar-refractivity contribution in [1.29, 1.82) is 0 Å². The SMILES string of the molecule is CCC/C=C\CCCCCCCC(=O)OCC(COC(=O)CCCCCCCCCCCCCCCCCCCCCCCCC)OC(=O)CCCCCCCCCCCCCCCCCCCCCCCC. The van der Waals surface area contributed by atoms with E-state index < -0.39 is 6.10 Å². The quantitative estimate of drug-likeness (QED) is 0.0261. The van der Waals surface area contributed by atoms with Gasteiger partial charge in [0.1, 0.15) is 13.2 Å². The molecule has 0 bridgehead atoms. The number of rotatable bonds is 62. The van der Waals surface area contributed by atoms with Crippen molar-refractivity contribution >= 4 is 17.9 Å². The van der Waals surface area contributed by atoms with E-state index in [4.69, 9.17) is 14.2 Å². The number of esters is 3. The lowest BCUT2D eigenvalue weighted by Crippen LogP contribution is -2.30. The van der Waals surface area contributed by atoms with Crippen LogP contribution in [0.5, 0.6) is 0 Å². The fourth-order valence-electron chi connectivity index (χ4n) is 10.3. The van der Waals surface area contributed by atoms with Gasteiger partial charge in [-0.15, -0.1) is 0 Å². The first-order valence-corrected chi connectivity index (χ1v) is 33.2. The number of hydrogen-bond donors (Lipinski definition) is 0. The van der Waals surface area contributed by atoms with Crippen LogP contribution in [0.1, 0.15) is 380 Å². The zero-order chi connectivity index (χ0) is 52.9. The van der Waals surface area contributed by atoms with Crippen molar-refractivity contribution in [2.24, 2.45) is 0 Å². The van der Waals surface area contributed by atoms with Crippen LogP contribution in [0.3, 0.4) is 0 Å². The molecular weight excluding hydrogens is 901 g/mol. The molecule has 0 aromatic heterocycles. The Bertz CT molecular complexity index is 1130. The summed E-state index contributed by atoms with van der Waals surface area (Å²) in [6.07, 6.45) is 73.9. The van der Waals surface area contributed by atoms with Gasteiger partial charge in [-0.3, -0.25) is 14.4 Å². The Morgan fingerprint density at radius 3 is 0.740 bits per heavy atom. The van der Waals surface area contributed by atoms with Crippen molar-refractivity contribution in [3.63, 3.8) is 0 Å². The van der Waals surface area contributed by atoms with Crippen molar-refractivity contribution in [3.05, 3.63) is 12.2 Å². The van der Waals surface area contributed by atoms with E-state index in [1.54, 1.807) is 0 Å². The highest BCUT2D eigenvalue weighted by Gasteiger charge is 2.19. The van der Waals surface area contributed by atoms with Crippen molar-refractivity contribution in [2.45, 2.75) is 386 Å². The minimum absolute atomic E-state index is 0.0662.